The van der Waals surface area contributed by atoms with E-state index in [2.05, 4.69) is 10.2 Å². The molecule has 1 saturated carbocycles. The van der Waals surface area contributed by atoms with E-state index in [1.165, 1.54) is 24.6 Å². The molecule has 2 rings (SSSR count). The summed E-state index contributed by atoms with van der Waals surface area (Å²) in [4.78, 5) is 0. The molecule has 0 aliphatic heterocycles. The van der Waals surface area contributed by atoms with Crippen LogP contribution in [0, 0.1) is 0 Å². The van der Waals surface area contributed by atoms with Crippen molar-refractivity contribution in [3.8, 4) is 0 Å². The first kappa shape index (κ1) is 13.4. The lowest BCUT2D eigenvalue weighted by Gasteiger charge is -2.02. The van der Waals surface area contributed by atoms with Crippen molar-refractivity contribution in [2.24, 2.45) is 15.9 Å². The highest BCUT2D eigenvalue weighted by atomic mass is 35.5. The van der Waals surface area contributed by atoms with E-state index in [0.717, 1.165) is 34.9 Å². The maximum atomic E-state index is 6.07. The first-order valence-corrected chi connectivity index (χ1v) is 7.37. The molecule has 0 heterocycles. The fraction of sp³-hybridized carbons (Fsp3) is 0.385. The minimum atomic E-state index is 0.495. The molecular weight excluding hydrogens is 266 g/mol. The van der Waals surface area contributed by atoms with E-state index >= 15 is 0 Å². The minimum Gasteiger partial charge on any atom is -0.377 e. The first-order chi connectivity index (χ1) is 8.75. The van der Waals surface area contributed by atoms with Crippen LogP contribution in [0.25, 0.3) is 0 Å². The third kappa shape index (κ3) is 4.03. The fourth-order valence-electron chi connectivity index (χ4n) is 1.80. The van der Waals surface area contributed by atoms with Gasteiger partial charge in [-0.05, 0) is 37.3 Å². The van der Waals surface area contributed by atoms with E-state index in [4.69, 9.17) is 17.3 Å². The number of rotatable bonds is 3. The van der Waals surface area contributed by atoms with Gasteiger partial charge in [0.2, 0.25) is 0 Å². The lowest BCUT2D eigenvalue weighted by molar-refractivity contribution is 0.886. The molecule has 5 heteroatoms. The van der Waals surface area contributed by atoms with E-state index in [1.54, 1.807) is 0 Å². The molecule has 1 aliphatic rings. The molecule has 96 valence electrons. The molecule has 0 unspecified atom stereocenters. The fourth-order valence-corrected chi connectivity index (χ4v) is 2.73. The maximum absolute atomic E-state index is 6.07. The number of nitrogens with two attached hydrogens (primary N) is 1. The van der Waals surface area contributed by atoms with Crippen molar-refractivity contribution in [3.05, 3.63) is 34.9 Å². The van der Waals surface area contributed by atoms with Gasteiger partial charge in [-0.1, -0.05) is 41.6 Å². The van der Waals surface area contributed by atoms with E-state index in [9.17, 15) is 0 Å². The summed E-state index contributed by atoms with van der Waals surface area (Å²) in [6.45, 7) is 0. The molecule has 0 atom stereocenters. The molecule has 3 nitrogen and oxygen atoms in total. The van der Waals surface area contributed by atoms with Gasteiger partial charge < -0.3 is 5.73 Å². The molecule has 0 amide bonds. The lowest BCUT2D eigenvalue weighted by Crippen LogP contribution is -2.06. The summed E-state index contributed by atoms with van der Waals surface area (Å²) in [5, 5.41) is 9.50. The number of thioether (sulfide) groups is 1. The molecule has 0 radical (unpaired) electrons. The molecule has 0 saturated heterocycles. The standard InChI is InChI=1S/C13H16ClN3S/c14-12-8-4-1-5-10(12)9-18-13(15)17-16-11-6-2-3-7-11/h1,4-5,8H,2-3,6-7,9H2,(H2,15,17). The smallest absolute Gasteiger partial charge is 0.180 e. The molecule has 18 heavy (non-hydrogen) atoms. The third-order valence-electron chi connectivity index (χ3n) is 2.80. The average molecular weight is 282 g/mol. The van der Waals surface area contributed by atoms with Gasteiger partial charge in [-0.3, -0.25) is 0 Å². The third-order valence-corrected chi connectivity index (χ3v) is 4.01. The molecule has 0 spiro atoms. The van der Waals surface area contributed by atoms with Crippen LogP contribution in [0.4, 0.5) is 0 Å². The SMILES string of the molecule is N/C(=N/N=C1CCCC1)SCc1ccccc1Cl. The molecule has 1 aromatic rings. The molecule has 0 aromatic heterocycles. The predicted octanol–water partition coefficient (Wildman–Crippen LogP) is 3.82. The summed E-state index contributed by atoms with van der Waals surface area (Å²) in [6.07, 6.45) is 4.57. The Hall–Kier alpha value is -1.00. The van der Waals surface area contributed by atoms with Gasteiger partial charge >= 0.3 is 0 Å². The van der Waals surface area contributed by atoms with Crippen LogP contribution >= 0.6 is 23.4 Å². The van der Waals surface area contributed by atoms with E-state index in [1.807, 2.05) is 24.3 Å². The van der Waals surface area contributed by atoms with E-state index < -0.39 is 0 Å². The molecule has 2 N–H and O–H groups in total. The van der Waals surface area contributed by atoms with Gasteiger partial charge in [0.15, 0.2) is 5.17 Å². The molecule has 1 aromatic carbocycles. The number of hydrogen-bond donors (Lipinski definition) is 1. The number of benzene rings is 1. The Morgan fingerprint density at radius 3 is 2.72 bits per heavy atom. The number of hydrogen-bond acceptors (Lipinski definition) is 3. The molecule has 1 aliphatic carbocycles. The Balaban J connectivity index is 1.88. The number of nitrogens with zero attached hydrogens (tertiary/aromatic N) is 2. The van der Waals surface area contributed by atoms with Crippen LogP contribution < -0.4 is 5.73 Å². The van der Waals surface area contributed by atoms with Gasteiger partial charge in [0.1, 0.15) is 0 Å². The van der Waals surface area contributed by atoms with Crippen LogP contribution in [0.5, 0.6) is 0 Å². The van der Waals surface area contributed by atoms with Gasteiger partial charge in [-0.2, -0.15) is 5.10 Å². The van der Waals surface area contributed by atoms with E-state index in [0.29, 0.717) is 5.17 Å². The summed E-state index contributed by atoms with van der Waals surface area (Å²) < 4.78 is 0. The largest absolute Gasteiger partial charge is 0.377 e. The highest BCUT2D eigenvalue weighted by Crippen LogP contribution is 2.21. The van der Waals surface area contributed by atoms with E-state index in [-0.39, 0.29) is 0 Å². The highest BCUT2D eigenvalue weighted by molar-refractivity contribution is 8.13. The van der Waals surface area contributed by atoms with Gasteiger partial charge in [-0.15, -0.1) is 5.10 Å². The number of amidine groups is 1. The minimum absolute atomic E-state index is 0.495. The van der Waals surface area contributed by atoms with Crippen LogP contribution in [0.15, 0.2) is 34.5 Å². The average Bonchev–Trinajstić information content (AvgIpc) is 2.88. The second-order valence-electron chi connectivity index (χ2n) is 4.19. The van der Waals surface area contributed by atoms with Gasteiger partial charge in [0, 0.05) is 16.5 Å². The summed E-state index contributed by atoms with van der Waals surface area (Å²) in [6, 6.07) is 7.75. The van der Waals surface area contributed by atoms with Crippen LogP contribution in [0.1, 0.15) is 31.2 Å². The van der Waals surface area contributed by atoms with Crippen LogP contribution in [0.2, 0.25) is 5.02 Å². The van der Waals surface area contributed by atoms with Crippen molar-refractivity contribution in [1.29, 1.82) is 0 Å². The molecule has 0 bridgehead atoms. The highest BCUT2D eigenvalue weighted by Gasteiger charge is 2.07. The zero-order valence-electron chi connectivity index (χ0n) is 10.1. The summed E-state index contributed by atoms with van der Waals surface area (Å²) in [5.74, 6) is 0.722. The van der Waals surface area contributed by atoms with Crippen molar-refractivity contribution in [3.63, 3.8) is 0 Å². The predicted molar refractivity (Wildman–Crippen MR) is 80.3 cm³/mol. The molecule has 1 fully saturated rings. The topological polar surface area (TPSA) is 50.7 Å². The lowest BCUT2D eigenvalue weighted by atomic mass is 10.2. The molecular formula is C13H16ClN3S. The quantitative estimate of drug-likeness (QED) is 0.520. The second kappa shape index (κ2) is 6.81. The zero-order chi connectivity index (χ0) is 12.8. The van der Waals surface area contributed by atoms with Gasteiger partial charge in [-0.25, -0.2) is 0 Å². The van der Waals surface area contributed by atoms with Crippen LogP contribution in [0.3, 0.4) is 0 Å². The summed E-state index contributed by atoms with van der Waals surface area (Å²) in [7, 11) is 0. The van der Waals surface area contributed by atoms with Crippen molar-refractivity contribution < 1.29 is 0 Å². The Morgan fingerprint density at radius 1 is 1.28 bits per heavy atom. The van der Waals surface area contributed by atoms with Crippen molar-refractivity contribution in [1.82, 2.24) is 0 Å². The van der Waals surface area contributed by atoms with Crippen LogP contribution in [-0.4, -0.2) is 10.9 Å². The Labute approximate surface area is 117 Å². The monoisotopic (exact) mass is 281 g/mol. The van der Waals surface area contributed by atoms with Gasteiger partial charge in [0.05, 0.1) is 0 Å². The Kier molecular flexibility index (Phi) is 5.08. The zero-order valence-corrected chi connectivity index (χ0v) is 11.7. The van der Waals surface area contributed by atoms with Crippen molar-refractivity contribution >= 4 is 34.2 Å². The summed E-state index contributed by atoms with van der Waals surface area (Å²) >= 11 is 7.53. The van der Waals surface area contributed by atoms with Gasteiger partial charge in [0.25, 0.3) is 0 Å². The van der Waals surface area contributed by atoms with Crippen molar-refractivity contribution in [2.75, 3.05) is 0 Å². The Morgan fingerprint density at radius 2 is 2.00 bits per heavy atom. The normalized spacial score (nSPS) is 16.1. The van der Waals surface area contributed by atoms with Crippen molar-refractivity contribution in [2.45, 2.75) is 31.4 Å². The summed E-state index contributed by atoms with van der Waals surface area (Å²) in [5.41, 5.74) is 8.04. The second-order valence-corrected chi connectivity index (χ2v) is 5.59. The number of halogens is 1. The Bertz CT molecular complexity index is 463. The maximum Gasteiger partial charge on any atom is 0.180 e. The van der Waals surface area contributed by atoms with Crippen LogP contribution in [-0.2, 0) is 5.75 Å². The first-order valence-electron chi connectivity index (χ1n) is 6.01.